The van der Waals surface area contributed by atoms with E-state index in [1.807, 2.05) is 0 Å². The van der Waals surface area contributed by atoms with Gasteiger partial charge in [0.15, 0.2) is 0 Å². The maximum absolute atomic E-state index is 11.2. The average molecular weight is 286 g/mol. The Kier molecular flexibility index (Phi) is 6.96. The molecule has 4 heteroatoms. The van der Waals surface area contributed by atoms with Crippen LogP contribution in [0.25, 0.3) is 0 Å². The largest absolute Gasteiger partial charge is 0.462 e. The maximum atomic E-state index is 11.2. The summed E-state index contributed by atoms with van der Waals surface area (Å²) in [5.74, 6) is 0.623. The van der Waals surface area contributed by atoms with Crippen molar-refractivity contribution >= 4 is 5.97 Å². The molecule has 1 heterocycles. The topological polar surface area (TPSA) is 55.8 Å². The molecule has 4 atom stereocenters. The second-order valence-electron chi connectivity index (χ2n) is 6.76. The van der Waals surface area contributed by atoms with Gasteiger partial charge >= 0.3 is 5.97 Å². The van der Waals surface area contributed by atoms with Gasteiger partial charge in [-0.2, -0.15) is 0 Å². The second kappa shape index (κ2) is 7.99. The Morgan fingerprint density at radius 2 is 1.95 bits per heavy atom. The number of esters is 1. The quantitative estimate of drug-likeness (QED) is 0.763. The summed E-state index contributed by atoms with van der Waals surface area (Å²) in [6.45, 7) is 9.88. The molecule has 4 nitrogen and oxygen atoms in total. The Morgan fingerprint density at radius 1 is 1.30 bits per heavy atom. The van der Waals surface area contributed by atoms with Gasteiger partial charge in [0.2, 0.25) is 0 Å². The number of carbonyl (C=O) groups is 1. The summed E-state index contributed by atoms with van der Waals surface area (Å²) in [7, 11) is 0. The van der Waals surface area contributed by atoms with Crippen LogP contribution in [0.2, 0.25) is 0 Å². The van der Waals surface area contributed by atoms with Gasteiger partial charge in [0.05, 0.1) is 18.3 Å². The molecule has 1 fully saturated rings. The van der Waals surface area contributed by atoms with Gasteiger partial charge in [-0.25, -0.2) is 0 Å². The van der Waals surface area contributed by atoms with Gasteiger partial charge in [-0.1, -0.05) is 27.7 Å². The molecule has 1 aliphatic heterocycles. The molecule has 0 bridgehead atoms. The number of aliphatic hydroxyl groups excluding tert-OH is 1. The molecule has 0 aromatic heterocycles. The zero-order valence-electron chi connectivity index (χ0n) is 13.5. The van der Waals surface area contributed by atoms with Gasteiger partial charge in [-0.3, -0.25) is 4.79 Å². The van der Waals surface area contributed by atoms with Gasteiger partial charge in [0.25, 0.3) is 0 Å². The van der Waals surface area contributed by atoms with E-state index >= 15 is 0 Å². The number of rotatable bonds is 6. The molecule has 0 unspecified atom stereocenters. The van der Waals surface area contributed by atoms with Crippen molar-refractivity contribution in [3.8, 4) is 0 Å². The lowest BCUT2D eigenvalue weighted by Gasteiger charge is -2.37. The number of ether oxygens (including phenoxy) is 2. The molecule has 0 amide bonds. The summed E-state index contributed by atoms with van der Waals surface area (Å²) >= 11 is 0. The van der Waals surface area contributed by atoms with Gasteiger partial charge in [-0.05, 0) is 24.7 Å². The molecule has 0 radical (unpaired) electrons. The van der Waals surface area contributed by atoms with Crippen LogP contribution < -0.4 is 0 Å². The second-order valence-corrected chi connectivity index (χ2v) is 6.76. The molecule has 20 heavy (non-hydrogen) atoms. The van der Waals surface area contributed by atoms with Crippen LogP contribution in [0.3, 0.4) is 0 Å². The van der Waals surface area contributed by atoms with Crippen LogP contribution in [0, 0.1) is 11.8 Å². The third-order valence-electron chi connectivity index (χ3n) is 3.74. The highest BCUT2D eigenvalue weighted by Gasteiger charge is 2.33. The van der Waals surface area contributed by atoms with Crippen molar-refractivity contribution in [2.75, 3.05) is 0 Å². The van der Waals surface area contributed by atoms with Crippen LogP contribution in [0.5, 0.6) is 0 Å². The highest BCUT2D eigenvalue weighted by molar-refractivity contribution is 5.66. The molecular weight excluding hydrogens is 256 g/mol. The van der Waals surface area contributed by atoms with Crippen molar-refractivity contribution < 1.29 is 19.4 Å². The molecule has 1 rings (SSSR count). The molecule has 118 valence electrons. The zero-order chi connectivity index (χ0) is 15.3. The first kappa shape index (κ1) is 17.4. The Balaban J connectivity index is 2.57. The summed E-state index contributed by atoms with van der Waals surface area (Å²) in [5.41, 5.74) is 0. The molecular formula is C16H30O4. The van der Waals surface area contributed by atoms with Crippen LogP contribution in [-0.4, -0.2) is 35.5 Å². The third kappa shape index (κ3) is 6.23. The first-order chi connectivity index (χ1) is 9.27. The summed E-state index contributed by atoms with van der Waals surface area (Å²) in [6, 6.07) is 0. The van der Waals surface area contributed by atoms with Crippen LogP contribution in [-0.2, 0) is 14.3 Å². The zero-order valence-corrected chi connectivity index (χ0v) is 13.5. The highest BCUT2D eigenvalue weighted by atomic mass is 16.6. The SMILES string of the molecule is CC(=O)O[C@@H]1C[C@H](C[C@H](O)CC(C)C)O[C@H](C(C)C)C1. The van der Waals surface area contributed by atoms with E-state index < -0.39 is 0 Å². The fourth-order valence-electron chi connectivity index (χ4n) is 2.86. The van der Waals surface area contributed by atoms with Gasteiger partial charge in [0.1, 0.15) is 6.10 Å². The van der Waals surface area contributed by atoms with Crippen molar-refractivity contribution in [3.05, 3.63) is 0 Å². The van der Waals surface area contributed by atoms with Gasteiger partial charge < -0.3 is 14.6 Å². The highest BCUT2D eigenvalue weighted by Crippen LogP contribution is 2.29. The Morgan fingerprint density at radius 3 is 2.45 bits per heavy atom. The van der Waals surface area contributed by atoms with E-state index in [-0.39, 0.29) is 30.4 Å². The fourth-order valence-corrected chi connectivity index (χ4v) is 2.86. The Bertz CT molecular complexity index is 301. The lowest BCUT2D eigenvalue weighted by atomic mass is 9.91. The lowest BCUT2D eigenvalue weighted by molar-refractivity contribution is -0.165. The van der Waals surface area contributed by atoms with Gasteiger partial charge in [-0.15, -0.1) is 0 Å². The lowest BCUT2D eigenvalue weighted by Crippen LogP contribution is -2.41. The smallest absolute Gasteiger partial charge is 0.302 e. The Labute approximate surface area is 122 Å². The molecule has 0 aromatic rings. The molecule has 0 spiro atoms. The van der Waals surface area contributed by atoms with Crippen LogP contribution >= 0.6 is 0 Å². The summed E-state index contributed by atoms with van der Waals surface area (Å²) in [5, 5.41) is 10.1. The first-order valence-corrected chi connectivity index (χ1v) is 7.78. The number of aliphatic hydroxyl groups is 1. The van der Waals surface area contributed by atoms with Crippen molar-refractivity contribution in [1.29, 1.82) is 0 Å². The Hall–Kier alpha value is -0.610. The predicted octanol–water partition coefficient (Wildman–Crippen LogP) is 2.92. The summed E-state index contributed by atoms with van der Waals surface area (Å²) < 4.78 is 11.4. The van der Waals surface area contributed by atoms with E-state index in [9.17, 15) is 9.90 Å². The van der Waals surface area contributed by atoms with Crippen molar-refractivity contribution in [3.63, 3.8) is 0 Å². The van der Waals surface area contributed by atoms with Gasteiger partial charge in [0, 0.05) is 19.8 Å². The third-order valence-corrected chi connectivity index (χ3v) is 3.74. The van der Waals surface area contributed by atoms with E-state index in [4.69, 9.17) is 9.47 Å². The summed E-state index contributed by atoms with van der Waals surface area (Å²) in [4.78, 5) is 11.2. The van der Waals surface area contributed by atoms with E-state index in [0.29, 0.717) is 24.7 Å². The minimum absolute atomic E-state index is 0.0192. The normalized spacial score (nSPS) is 28.7. The van der Waals surface area contributed by atoms with Crippen LogP contribution in [0.15, 0.2) is 0 Å². The van der Waals surface area contributed by atoms with E-state index in [0.717, 1.165) is 12.8 Å². The average Bonchev–Trinajstić information content (AvgIpc) is 2.25. The van der Waals surface area contributed by atoms with Crippen molar-refractivity contribution in [2.45, 2.75) is 84.7 Å². The molecule has 0 aliphatic carbocycles. The molecule has 0 saturated carbocycles. The predicted molar refractivity (Wildman–Crippen MR) is 78.4 cm³/mol. The first-order valence-electron chi connectivity index (χ1n) is 7.78. The molecule has 1 saturated heterocycles. The molecule has 1 aliphatic rings. The van der Waals surface area contributed by atoms with Crippen LogP contribution in [0.1, 0.15) is 60.3 Å². The summed E-state index contributed by atoms with van der Waals surface area (Å²) in [6.07, 6.45) is 2.52. The molecule has 0 aromatic carbocycles. The number of hydrogen-bond acceptors (Lipinski definition) is 4. The van der Waals surface area contributed by atoms with Crippen LogP contribution in [0.4, 0.5) is 0 Å². The number of hydrogen-bond donors (Lipinski definition) is 1. The van der Waals surface area contributed by atoms with Crippen molar-refractivity contribution in [2.24, 2.45) is 11.8 Å². The number of carbonyl (C=O) groups excluding carboxylic acids is 1. The minimum atomic E-state index is -0.344. The van der Waals surface area contributed by atoms with Crippen molar-refractivity contribution in [1.82, 2.24) is 0 Å². The maximum Gasteiger partial charge on any atom is 0.302 e. The van der Waals surface area contributed by atoms with E-state index in [1.165, 1.54) is 6.92 Å². The van der Waals surface area contributed by atoms with E-state index in [1.54, 1.807) is 0 Å². The van der Waals surface area contributed by atoms with E-state index in [2.05, 4.69) is 27.7 Å². The minimum Gasteiger partial charge on any atom is -0.462 e. The fraction of sp³-hybridized carbons (Fsp3) is 0.938. The molecule has 1 N–H and O–H groups in total. The monoisotopic (exact) mass is 286 g/mol. The standard InChI is InChI=1S/C16H30O4/c1-10(2)6-13(18)7-14-8-15(19-12(5)17)9-16(20-14)11(3)4/h10-11,13-16,18H,6-9H2,1-5H3/t13-,14+,15-,16+/m1/s1.